The lowest BCUT2D eigenvalue weighted by Crippen LogP contribution is -2.40. The number of aliphatic carboxylic acids is 1. The Bertz CT molecular complexity index is 512. The Morgan fingerprint density at radius 3 is 2.81 bits per heavy atom. The summed E-state index contributed by atoms with van der Waals surface area (Å²) in [6.07, 6.45) is 2.46. The molecule has 0 saturated heterocycles. The molecule has 0 spiro atoms. The van der Waals surface area contributed by atoms with E-state index in [1.165, 1.54) is 0 Å². The minimum atomic E-state index is -0.765. The first-order chi connectivity index (χ1) is 9.97. The molecule has 0 radical (unpaired) electrons. The monoisotopic (exact) mass is 294 g/mol. The fraction of sp³-hybridized carbons (Fsp3) is 0.600. The molecular weight excluding hydrogens is 272 g/mol. The molecule has 1 fully saturated rings. The molecule has 1 aromatic rings. The molecule has 0 aliphatic heterocycles. The second-order valence-corrected chi connectivity index (χ2v) is 5.66. The fourth-order valence-electron chi connectivity index (χ4n) is 2.84. The molecule has 1 aliphatic rings. The molecule has 0 bridgehead atoms. The Labute approximate surface area is 123 Å². The second kappa shape index (κ2) is 6.65. The smallest absolute Gasteiger partial charge is 0.315 e. The molecule has 1 heterocycles. The van der Waals surface area contributed by atoms with Crippen molar-refractivity contribution in [2.45, 2.75) is 39.2 Å². The Kier molecular flexibility index (Phi) is 4.88. The summed E-state index contributed by atoms with van der Waals surface area (Å²) in [6, 6.07) is 3.16. The van der Waals surface area contributed by atoms with Crippen LogP contribution in [0.3, 0.4) is 0 Å². The van der Waals surface area contributed by atoms with Crippen LogP contribution in [0.15, 0.2) is 16.5 Å². The van der Waals surface area contributed by atoms with Crippen LogP contribution < -0.4 is 10.6 Å². The predicted molar refractivity (Wildman–Crippen MR) is 76.9 cm³/mol. The highest BCUT2D eigenvalue weighted by Gasteiger charge is 2.32. The minimum absolute atomic E-state index is 0.0226. The summed E-state index contributed by atoms with van der Waals surface area (Å²) in [7, 11) is 0. The van der Waals surface area contributed by atoms with Gasteiger partial charge in [0, 0.05) is 6.54 Å². The number of urea groups is 1. The van der Waals surface area contributed by atoms with Gasteiger partial charge in [-0.1, -0.05) is 6.42 Å². The van der Waals surface area contributed by atoms with E-state index in [-0.39, 0.29) is 23.9 Å². The first-order valence-electron chi connectivity index (χ1n) is 7.31. The van der Waals surface area contributed by atoms with Gasteiger partial charge in [0.15, 0.2) is 0 Å². The van der Waals surface area contributed by atoms with Crippen LogP contribution in [0, 0.1) is 18.8 Å². The number of rotatable bonds is 5. The summed E-state index contributed by atoms with van der Waals surface area (Å²) < 4.78 is 5.45. The second-order valence-electron chi connectivity index (χ2n) is 5.66. The molecule has 2 rings (SSSR count). The topological polar surface area (TPSA) is 91.6 Å². The van der Waals surface area contributed by atoms with E-state index in [2.05, 4.69) is 10.6 Å². The number of furan rings is 1. The zero-order valence-electron chi connectivity index (χ0n) is 12.4. The zero-order chi connectivity index (χ0) is 15.4. The Balaban J connectivity index is 1.78. The third-order valence-corrected chi connectivity index (χ3v) is 4.04. The van der Waals surface area contributed by atoms with Crippen molar-refractivity contribution in [3.05, 3.63) is 23.7 Å². The molecule has 1 aliphatic carbocycles. The highest BCUT2D eigenvalue weighted by atomic mass is 16.4. The molecule has 1 aromatic heterocycles. The van der Waals surface area contributed by atoms with Gasteiger partial charge in [-0.2, -0.15) is 0 Å². The molecular formula is C15H22N2O4. The average molecular weight is 294 g/mol. The van der Waals surface area contributed by atoms with Crippen molar-refractivity contribution in [1.82, 2.24) is 10.6 Å². The van der Waals surface area contributed by atoms with Gasteiger partial charge >= 0.3 is 12.0 Å². The van der Waals surface area contributed by atoms with Crippen LogP contribution in [-0.2, 0) is 4.79 Å². The lowest BCUT2D eigenvalue weighted by Gasteiger charge is -2.18. The van der Waals surface area contributed by atoms with Gasteiger partial charge in [-0.15, -0.1) is 0 Å². The molecule has 2 amide bonds. The zero-order valence-corrected chi connectivity index (χ0v) is 12.4. The maximum absolute atomic E-state index is 11.9. The SMILES string of the molecule is Cc1ccc(C(C)NC(=O)NCC2CCCC2C(=O)O)o1. The van der Waals surface area contributed by atoms with E-state index in [4.69, 9.17) is 9.52 Å². The van der Waals surface area contributed by atoms with Gasteiger partial charge in [-0.05, 0) is 44.7 Å². The Morgan fingerprint density at radius 2 is 2.19 bits per heavy atom. The molecule has 116 valence electrons. The standard InChI is InChI=1S/C15H22N2O4/c1-9-6-7-13(21-9)10(2)17-15(20)16-8-11-4-3-5-12(11)14(18)19/h6-7,10-12H,3-5,8H2,1-2H3,(H,18,19)(H2,16,17,20). The van der Waals surface area contributed by atoms with Gasteiger partial charge < -0.3 is 20.2 Å². The number of hydrogen-bond donors (Lipinski definition) is 3. The van der Waals surface area contributed by atoms with Crippen molar-refractivity contribution < 1.29 is 19.1 Å². The van der Waals surface area contributed by atoms with Crippen molar-refractivity contribution in [3.8, 4) is 0 Å². The largest absolute Gasteiger partial charge is 0.481 e. The quantitative estimate of drug-likeness (QED) is 0.778. The highest BCUT2D eigenvalue weighted by molar-refractivity contribution is 5.74. The van der Waals surface area contributed by atoms with E-state index in [0.29, 0.717) is 18.7 Å². The lowest BCUT2D eigenvalue weighted by molar-refractivity contribution is -0.142. The summed E-state index contributed by atoms with van der Waals surface area (Å²) in [6.45, 7) is 4.09. The first kappa shape index (κ1) is 15.4. The van der Waals surface area contributed by atoms with Crippen molar-refractivity contribution in [1.29, 1.82) is 0 Å². The van der Waals surface area contributed by atoms with Gasteiger partial charge in [0.2, 0.25) is 0 Å². The van der Waals surface area contributed by atoms with Crippen molar-refractivity contribution in [2.75, 3.05) is 6.54 Å². The van der Waals surface area contributed by atoms with E-state index in [1.54, 1.807) is 0 Å². The summed E-state index contributed by atoms with van der Waals surface area (Å²) in [4.78, 5) is 22.9. The van der Waals surface area contributed by atoms with Gasteiger partial charge in [-0.25, -0.2) is 4.79 Å². The summed E-state index contributed by atoms with van der Waals surface area (Å²) >= 11 is 0. The molecule has 3 N–H and O–H groups in total. The average Bonchev–Trinajstić information content (AvgIpc) is 3.04. The molecule has 3 atom stereocenters. The summed E-state index contributed by atoms with van der Waals surface area (Å²) in [5, 5.41) is 14.7. The highest BCUT2D eigenvalue weighted by Crippen LogP contribution is 2.31. The third-order valence-electron chi connectivity index (χ3n) is 4.04. The van der Waals surface area contributed by atoms with E-state index in [9.17, 15) is 9.59 Å². The maximum atomic E-state index is 11.9. The predicted octanol–water partition coefficient (Wildman–Crippen LogP) is 2.45. The number of carbonyl (C=O) groups excluding carboxylic acids is 1. The lowest BCUT2D eigenvalue weighted by atomic mass is 9.96. The number of amides is 2. The number of hydrogen-bond acceptors (Lipinski definition) is 3. The van der Waals surface area contributed by atoms with E-state index in [1.807, 2.05) is 26.0 Å². The number of carboxylic acids is 1. The van der Waals surface area contributed by atoms with Gasteiger partial charge in [0.25, 0.3) is 0 Å². The molecule has 0 aromatic carbocycles. The van der Waals surface area contributed by atoms with Gasteiger partial charge in [0.1, 0.15) is 11.5 Å². The Hall–Kier alpha value is -1.98. The maximum Gasteiger partial charge on any atom is 0.315 e. The van der Waals surface area contributed by atoms with Gasteiger partial charge in [0.05, 0.1) is 12.0 Å². The van der Waals surface area contributed by atoms with E-state index >= 15 is 0 Å². The summed E-state index contributed by atoms with van der Waals surface area (Å²) in [5.41, 5.74) is 0. The van der Waals surface area contributed by atoms with Crippen molar-refractivity contribution >= 4 is 12.0 Å². The molecule has 1 saturated carbocycles. The van der Waals surface area contributed by atoms with Crippen LogP contribution >= 0.6 is 0 Å². The Morgan fingerprint density at radius 1 is 1.43 bits per heavy atom. The van der Waals surface area contributed by atoms with Crippen LogP contribution in [0.4, 0.5) is 4.79 Å². The molecule has 6 heteroatoms. The van der Waals surface area contributed by atoms with Crippen LogP contribution in [0.25, 0.3) is 0 Å². The number of nitrogens with one attached hydrogen (secondary N) is 2. The van der Waals surface area contributed by atoms with E-state index < -0.39 is 5.97 Å². The fourth-order valence-corrected chi connectivity index (χ4v) is 2.84. The molecule has 3 unspecified atom stereocenters. The summed E-state index contributed by atoms with van der Waals surface area (Å²) in [5.74, 6) is 0.422. The van der Waals surface area contributed by atoms with Crippen LogP contribution in [0.1, 0.15) is 43.7 Å². The van der Waals surface area contributed by atoms with Crippen LogP contribution in [-0.4, -0.2) is 23.7 Å². The first-order valence-corrected chi connectivity index (χ1v) is 7.31. The van der Waals surface area contributed by atoms with Crippen molar-refractivity contribution in [3.63, 3.8) is 0 Å². The molecule has 21 heavy (non-hydrogen) atoms. The van der Waals surface area contributed by atoms with Crippen LogP contribution in [0.5, 0.6) is 0 Å². The number of carboxylic acid groups (broad SMARTS) is 1. The normalized spacial score (nSPS) is 22.8. The van der Waals surface area contributed by atoms with Gasteiger partial charge in [-0.3, -0.25) is 4.79 Å². The number of carbonyl (C=O) groups is 2. The van der Waals surface area contributed by atoms with E-state index in [0.717, 1.165) is 18.6 Å². The van der Waals surface area contributed by atoms with Crippen LogP contribution in [0.2, 0.25) is 0 Å². The van der Waals surface area contributed by atoms with Crippen molar-refractivity contribution in [2.24, 2.45) is 11.8 Å². The minimum Gasteiger partial charge on any atom is -0.481 e. The third kappa shape index (κ3) is 4.00. The number of aryl methyl sites for hydroxylation is 1. The molecule has 6 nitrogen and oxygen atoms in total.